The lowest BCUT2D eigenvalue weighted by Gasteiger charge is -2.26. The molecular weight excluding hydrogens is 394 g/mol. The summed E-state index contributed by atoms with van der Waals surface area (Å²) in [6.07, 6.45) is 0. The number of ether oxygens (including phenoxy) is 2. The first-order chi connectivity index (χ1) is 15.6. The van der Waals surface area contributed by atoms with E-state index in [-0.39, 0.29) is 0 Å². The summed E-state index contributed by atoms with van der Waals surface area (Å²) < 4.78 is 10.8. The smallest absolute Gasteiger partial charge is 0.119 e. The minimum atomic E-state index is 0.866. The molecule has 3 heteroatoms. The van der Waals surface area contributed by atoms with Crippen molar-refractivity contribution >= 4 is 38.6 Å². The van der Waals surface area contributed by atoms with Crippen molar-refractivity contribution in [3.8, 4) is 11.5 Å². The Bertz CT molecular complexity index is 1320. The van der Waals surface area contributed by atoms with Gasteiger partial charge < -0.3 is 14.4 Å². The molecule has 0 bridgehead atoms. The molecule has 0 atom stereocenters. The van der Waals surface area contributed by atoms with Crippen LogP contribution in [0.2, 0.25) is 0 Å². The maximum absolute atomic E-state index is 5.39. The largest absolute Gasteiger partial charge is 0.497 e. The van der Waals surface area contributed by atoms with E-state index in [4.69, 9.17) is 9.47 Å². The summed E-state index contributed by atoms with van der Waals surface area (Å²) in [4.78, 5) is 2.30. The molecule has 5 aromatic carbocycles. The normalized spacial score (nSPS) is 11.0. The Balaban J connectivity index is 1.66. The summed E-state index contributed by atoms with van der Waals surface area (Å²) in [5.74, 6) is 1.73. The molecule has 0 spiro atoms. The van der Waals surface area contributed by atoms with Crippen LogP contribution >= 0.6 is 0 Å². The van der Waals surface area contributed by atoms with Crippen LogP contribution in [0.15, 0.2) is 97.1 Å². The number of aryl methyl sites for hydroxylation is 1. The number of benzene rings is 5. The van der Waals surface area contributed by atoms with Crippen LogP contribution in [0.3, 0.4) is 0 Å². The average Bonchev–Trinajstić information content (AvgIpc) is 2.84. The summed E-state index contributed by atoms with van der Waals surface area (Å²) in [5.41, 5.74) is 4.58. The van der Waals surface area contributed by atoms with E-state index in [0.717, 1.165) is 39.3 Å². The van der Waals surface area contributed by atoms with Gasteiger partial charge in [0.2, 0.25) is 0 Å². The van der Waals surface area contributed by atoms with E-state index in [1.807, 2.05) is 12.1 Å². The van der Waals surface area contributed by atoms with Gasteiger partial charge >= 0.3 is 0 Å². The Hall–Kier alpha value is -3.98. The summed E-state index contributed by atoms with van der Waals surface area (Å²) in [6, 6.07) is 34.1. The Kier molecular flexibility index (Phi) is 5.16. The lowest BCUT2D eigenvalue weighted by molar-refractivity contribution is 0.415. The third-order valence-electron chi connectivity index (χ3n) is 5.87. The first-order valence-electron chi connectivity index (χ1n) is 10.7. The van der Waals surface area contributed by atoms with E-state index in [2.05, 4.69) is 96.8 Å². The fraction of sp³-hybridized carbons (Fsp3) is 0.103. The molecule has 5 rings (SSSR count). The van der Waals surface area contributed by atoms with Crippen molar-refractivity contribution in [2.24, 2.45) is 0 Å². The molecule has 0 fully saturated rings. The lowest BCUT2D eigenvalue weighted by Crippen LogP contribution is -2.09. The van der Waals surface area contributed by atoms with E-state index in [9.17, 15) is 0 Å². The number of anilines is 3. The lowest BCUT2D eigenvalue weighted by atomic mass is 10.1. The molecular formula is C29H25NO2. The predicted molar refractivity (Wildman–Crippen MR) is 134 cm³/mol. The van der Waals surface area contributed by atoms with Crippen LogP contribution in [0, 0.1) is 6.92 Å². The predicted octanol–water partition coefficient (Wildman–Crippen LogP) is 7.79. The van der Waals surface area contributed by atoms with Crippen molar-refractivity contribution in [2.75, 3.05) is 19.1 Å². The highest BCUT2D eigenvalue weighted by Gasteiger charge is 2.14. The van der Waals surface area contributed by atoms with E-state index >= 15 is 0 Å². The first kappa shape index (κ1) is 20.0. The molecule has 0 radical (unpaired) electrons. The number of methoxy groups -OCH3 is 2. The zero-order chi connectivity index (χ0) is 22.1. The van der Waals surface area contributed by atoms with Gasteiger partial charge in [0.15, 0.2) is 0 Å². The molecule has 0 saturated heterocycles. The molecule has 3 nitrogen and oxygen atoms in total. The average molecular weight is 420 g/mol. The summed E-state index contributed by atoms with van der Waals surface area (Å²) in [7, 11) is 3.40. The van der Waals surface area contributed by atoms with Gasteiger partial charge in [-0.15, -0.1) is 0 Å². The highest BCUT2D eigenvalue weighted by Crippen LogP contribution is 2.38. The second-order valence-corrected chi connectivity index (χ2v) is 7.97. The van der Waals surface area contributed by atoms with Gasteiger partial charge in [0.05, 0.1) is 14.2 Å². The number of fused-ring (bicyclic) bond motifs is 2. The van der Waals surface area contributed by atoms with Gasteiger partial charge in [-0.3, -0.25) is 0 Å². The third kappa shape index (κ3) is 3.74. The Morgan fingerprint density at radius 1 is 0.469 bits per heavy atom. The minimum Gasteiger partial charge on any atom is -0.497 e. The van der Waals surface area contributed by atoms with Crippen molar-refractivity contribution in [3.63, 3.8) is 0 Å². The van der Waals surface area contributed by atoms with Crippen LogP contribution in [-0.2, 0) is 0 Å². The van der Waals surface area contributed by atoms with Crippen molar-refractivity contribution in [2.45, 2.75) is 6.92 Å². The maximum atomic E-state index is 5.39. The van der Waals surface area contributed by atoms with E-state index in [1.165, 1.54) is 16.3 Å². The second kappa shape index (κ2) is 8.27. The molecule has 0 aliphatic heterocycles. The number of rotatable bonds is 5. The van der Waals surface area contributed by atoms with Gasteiger partial charge in [0.25, 0.3) is 0 Å². The number of hydrogen-bond donors (Lipinski definition) is 0. The quantitative estimate of drug-likeness (QED) is 0.290. The van der Waals surface area contributed by atoms with E-state index in [1.54, 1.807) is 14.2 Å². The van der Waals surface area contributed by atoms with Crippen molar-refractivity contribution in [1.29, 1.82) is 0 Å². The van der Waals surface area contributed by atoms with E-state index in [0.29, 0.717) is 0 Å². The van der Waals surface area contributed by atoms with Crippen LogP contribution in [0.1, 0.15) is 5.56 Å². The highest BCUT2D eigenvalue weighted by atomic mass is 16.5. The Labute approximate surface area is 188 Å². The SMILES string of the molecule is COc1ccc2cc(N(c3ccc(C)cc3)c3ccc4cc(OC)ccc4c3)ccc2c1. The summed E-state index contributed by atoms with van der Waals surface area (Å²) in [6.45, 7) is 2.11. The van der Waals surface area contributed by atoms with Gasteiger partial charge in [0, 0.05) is 17.1 Å². The van der Waals surface area contributed by atoms with Crippen LogP contribution in [-0.4, -0.2) is 14.2 Å². The monoisotopic (exact) mass is 419 g/mol. The molecule has 0 aliphatic carbocycles. The molecule has 5 aromatic rings. The fourth-order valence-corrected chi connectivity index (χ4v) is 4.10. The molecule has 0 aromatic heterocycles. The van der Waals surface area contributed by atoms with Crippen molar-refractivity contribution in [3.05, 3.63) is 103 Å². The van der Waals surface area contributed by atoms with Crippen molar-refractivity contribution in [1.82, 2.24) is 0 Å². The number of nitrogens with zero attached hydrogens (tertiary/aromatic N) is 1. The summed E-state index contributed by atoms with van der Waals surface area (Å²) >= 11 is 0. The standard InChI is InChI=1S/C29H25NO2/c1-20-4-10-25(11-5-20)30(26-12-6-23-18-28(31-2)14-8-21(23)16-26)27-13-7-24-19-29(32-3)15-9-22(24)17-27/h4-19H,1-3H3. The van der Waals surface area contributed by atoms with Gasteiger partial charge in [0.1, 0.15) is 11.5 Å². The van der Waals surface area contributed by atoms with E-state index < -0.39 is 0 Å². The van der Waals surface area contributed by atoms with Gasteiger partial charge in [-0.05, 0) is 89.1 Å². The van der Waals surface area contributed by atoms with Crippen LogP contribution in [0.25, 0.3) is 21.5 Å². The minimum absolute atomic E-state index is 0.866. The molecule has 158 valence electrons. The van der Waals surface area contributed by atoms with Crippen LogP contribution < -0.4 is 14.4 Å². The number of hydrogen-bond acceptors (Lipinski definition) is 3. The molecule has 0 saturated carbocycles. The molecule has 0 N–H and O–H groups in total. The molecule has 32 heavy (non-hydrogen) atoms. The molecule has 0 amide bonds. The topological polar surface area (TPSA) is 21.7 Å². The summed E-state index contributed by atoms with van der Waals surface area (Å²) in [5, 5.41) is 4.65. The van der Waals surface area contributed by atoms with Gasteiger partial charge in [-0.2, -0.15) is 0 Å². The fourth-order valence-electron chi connectivity index (χ4n) is 4.10. The van der Waals surface area contributed by atoms with Crippen LogP contribution in [0.5, 0.6) is 11.5 Å². The Morgan fingerprint density at radius 2 is 0.875 bits per heavy atom. The van der Waals surface area contributed by atoms with Gasteiger partial charge in [-0.25, -0.2) is 0 Å². The van der Waals surface area contributed by atoms with Crippen molar-refractivity contribution < 1.29 is 9.47 Å². The zero-order valence-corrected chi connectivity index (χ0v) is 18.5. The highest BCUT2D eigenvalue weighted by molar-refractivity contribution is 5.93. The zero-order valence-electron chi connectivity index (χ0n) is 18.5. The first-order valence-corrected chi connectivity index (χ1v) is 10.7. The maximum Gasteiger partial charge on any atom is 0.119 e. The third-order valence-corrected chi connectivity index (χ3v) is 5.87. The molecule has 0 unspecified atom stereocenters. The Morgan fingerprint density at radius 3 is 1.34 bits per heavy atom. The van der Waals surface area contributed by atoms with Gasteiger partial charge in [-0.1, -0.05) is 42.0 Å². The second-order valence-electron chi connectivity index (χ2n) is 7.97. The molecule has 0 aliphatic rings. The van der Waals surface area contributed by atoms with Crippen LogP contribution in [0.4, 0.5) is 17.1 Å². The molecule has 0 heterocycles.